The first-order chi connectivity index (χ1) is 15.3. The lowest BCUT2D eigenvalue weighted by atomic mass is 9.43. The monoisotopic (exact) mass is 452 g/mol. The summed E-state index contributed by atoms with van der Waals surface area (Å²) in [4.78, 5) is 23.9. The molecule has 0 amide bonds. The average Bonchev–Trinajstić information content (AvgIpc) is 3.11. The van der Waals surface area contributed by atoms with Gasteiger partial charge >= 0.3 is 5.97 Å². The van der Waals surface area contributed by atoms with Crippen molar-refractivity contribution in [1.82, 2.24) is 0 Å². The van der Waals surface area contributed by atoms with Crippen LogP contribution in [0, 0.1) is 45.8 Å². The summed E-state index contributed by atoms with van der Waals surface area (Å²) in [6.07, 6.45) is 12.6. The standard InChI is InChI=1S/C30H44O3/c1-18(9-8-10-19(2)27(32)33)21-13-15-30(7)22-11-12-24-28(4,5)25(31)14-16-29(24,6)23(22)17-20(3)26(21)30/h10-11,18,21,23-24,26H,3,8-9,12-17H2,1-2,4-7H3,(H,32,33)/t18-,21-,23-,24+,26+,29-,30+/m1/s1. The second-order valence-corrected chi connectivity index (χ2v) is 12.9. The van der Waals surface area contributed by atoms with Crippen LogP contribution in [0.1, 0.15) is 92.9 Å². The summed E-state index contributed by atoms with van der Waals surface area (Å²) in [6.45, 7) is 18.1. The van der Waals surface area contributed by atoms with Crippen LogP contribution in [0.2, 0.25) is 0 Å². The maximum Gasteiger partial charge on any atom is 0.330 e. The van der Waals surface area contributed by atoms with E-state index in [-0.39, 0.29) is 16.2 Å². The Balaban J connectivity index is 1.59. The van der Waals surface area contributed by atoms with Crippen molar-refractivity contribution in [2.45, 2.75) is 92.9 Å². The Bertz CT molecular complexity index is 921. The normalized spacial score (nSPS) is 41.0. The first kappa shape index (κ1) is 24.5. The number of hydrogen-bond donors (Lipinski definition) is 1. The summed E-state index contributed by atoms with van der Waals surface area (Å²) in [5.74, 6) is 2.28. The SMILES string of the molecule is C=C1C[C@@H]2C(=CC[C@H]3C(C)(C)C(=O)CC[C@]23C)[C@]2(C)CC[C@H]([C@H](C)CCC=C(C)C(=O)O)[C@H]12. The number of carboxylic acids is 1. The zero-order chi connectivity index (χ0) is 24.3. The molecule has 0 unspecified atom stereocenters. The van der Waals surface area contributed by atoms with Gasteiger partial charge in [0.1, 0.15) is 5.78 Å². The third-order valence-corrected chi connectivity index (χ3v) is 10.8. The molecule has 0 aromatic rings. The van der Waals surface area contributed by atoms with E-state index in [9.17, 15) is 9.59 Å². The second kappa shape index (κ2) is 8.24. The molecule has 7 atom stereocenters. The van der Waals surface area contributed by atoms with Gasteiger partial charge in [-0.3, -0.25) is 4.79 Å². The highest BCUT2D eigenvalue weighted by Crippen LogP contribution is 2.69. The number of hydrogen-bond acceptors (Lipinski definition) is 2. The van der Waals surface area contributed by atoms with Crippen LogP contribution in [0.25, 0.3) is 0 Å². The van der Waals surface area contributed by atoms with E-state index in [2.05, 4.69) is 40.7 Å². The number of rotatable bonds is 5. The van der Waals surface area contributed by atoms with E-state index in [4.69, 9.17) is 11.7 Å². The molecule has 0 aromatic heterocycles. The van der Waals surface area contributed by atoms with E-state index in [1.54, 1.807) is 12.5 Å². The Labute approximate surface area is 200 Å². The van der Waals surface area contributed by atoms with Crippen LogP contribution in [0.5, 0.6) is 0 Å². The van der Waals surface area contributed by atoms with Crippen LogP contribution >= 0.6 is 0 Å². The third-order valence-electron chi connectivity index (χ3n) is 10.8. The first-order valence-corrected chi connectivity index (χ1v) is 13.2. The summed E-state index contributed by atoms with van der Waals surface area (Å²) >= 11 is 0. The molecule has 0 aliphatic heterocycles. The van der Waals surface area contributed by atoms with Gasteiger partial charge in [0.25, 0.3) is 0 Å². The minimum Gasteiger partial charge on any atom is -0.478 e. The lowest BCUT2D eigenvalue weighted by molar-refractivity contribution is -0.144. The number of carbonyl (C=O) groups is 2. The van der Waals surface area contributed by atoms with E-state index in [0.717, 1.165) is 38.5 Å². The van der Waals surface area contributed by atoms with E-state index in [1.165, 1.54) is 18.4 Å². The minimum atomic E-state index is -0.814. The van der Waals surface area contributed by atoms with Gasteiger partial charge in [-0.15, -0.1) is 0 Å². The fourth-order valence-corrected chi connectivity index (χ4v) is 8.80. The van der Waals surface area contributed by atoms with Crippen molar-refractivity contribution in [1.29, 1.82) is 0 Å². The van der Waals surface area contributed by atoms with Gasteiger partial charge in [-0.25, -0.2) is 4.79 Å². The smallest absolute Gasteiger partial charge is 0.330 e. The number of fused-ring (bicyclic) bond motifs is 5. The molecule has 0 aromatic carbocycles. The summed E-state index contributed by atoms with van der Waals surface area (Å²) < 4.78 is 0. The maximum atomic E-state index is 12.8. The van der Waals surface area contributed by atoms with Crippen molar-refractivity contribution in [2.24, 2.45) is 45.8 Å². The Morgan fingerprint density at radius 3 is 2.64 bits per heavy atom. The van der Waals surface area contributed by atoms with Crippen molar-refractivity contribution < 1.29 is 14.7 Å². The molecule has 3 saturated carbocycles. The topological polar surface area (TPSA) is 54.4 Å². The van der Waals surface area contributed by atoms with E-state index < -0.39 is 5.97 Å². The number of allylic oxidation sites excluding steroid dienone is 4. The molecule has 4 aliphatic carbocycles. The van der Waals surface area contributed by atoms with E-state index >= 15 is 0 Å². The average molecular weight is 453 g/mol. The highest BCUT2D eigenvalue weighted by Gasteiger charge is 2.62. The number of carbonyl (C=O) groups excluding carboxylic acids is 1. The molecule has 3 heteroatoms. The molecule has 0 saturated heterocycles. The molecule has 4 rings (SSSR count). The van der Waals surface area contributed by atoms with Crippen molar-refractivity contribution in [3.63, 3.8) is 0 Å². The largest absolute Gasteiger partial charge is 0.478 e. The molecule has 33 heavy (non-hydrogen) atoms. The van der Waals surface area contributed by atoms with Gasteiger partial charge in [0.2, 0.25) is 0 Å². The lowest BCUT2D eigenvalue weighted by Crippen LogP contribution is -2.55. The molecule has 0 radical (unpaired) electrons. The predicted octanol–water partition coefficient (Wildman–Crippen LogP) is 7.38. The molecular weight excluding hydrogens is 408 g/mol. The number of aliphatic carboxylic acids is 1. The number of ketones is 1. The molecule has 0 spiro atoms. The van der Waals surface area contributed by atoms with Crippen LogP contribution < -0.4 is 0 Å². The molecule has 0 bridgehead atoms. The Morgan fingerprint density at radius 2 is 1.97 bits per heavy atom. The van der Waals surface area contributed by atoms with Gasteiger partial charge < -0.3 is 5.11 Å². The quantitative estimate of drug-likeness (QED) is 0.349. The zero-order valence-corrected chi connectivity index (χ0v) is 21.7. The molecule has 182 valence electrons. The van der Waals surface area contributed by atoms with Crippen LogP contribution in [-0.2, 0) is 9.59 Å². The third kappa shape index (κ3) is 3.69. The van der Waals surface area contributed by atoms with Crippen LogP contribution in [-0.4, -0.2) is 16.9 Å². The van der Waals surface area contributed by atoms with Crippen molar-refractivity contribution >= 4 is 11.8 Å². The van der Waals surface area contributed by atoms with Crippen molar-refractivity contribution in [3.05, 3.63) is 35.5 Å². The maximum absolute atomic E-state index is 12.8. The van der Waals surface area contributed by atoms with Crippen LogP contribution in [0.15, 0.2) is 35.5 Å². The van der Waals surface area contributed by atoms with Crippen molar-refractivity contribution in [3.8, 4) is 0 Å². The Kier molecular flexibility index (Phi) is 6.11. The van der Waals surface area contributed by atoms with Gasteiger partial charge in [0.15, 0.2) is 0 Å². The fourth-order valence-electron chi connectivity index (χ4n) is 8.80. The molecule has 3 nitrogen and oxygen atoms in total. The molecule has 3 fully saturated rings. The summed E-state index contributed by atoms with van der Waals surface area (Å²) in [5.41, 5.74) is 3.70. The highest BCUT2D eigenvalue weighted by molar-refractivity contribution is 5.86. The summed E-state index contributed by atoms with van der Waals surface area (Å²) in [5, 5.41) is 9.14. The van der Waals surface area contributed by atoms with Gasteiger partial charge in [-0.2, -0.15) is 0 Å². The Hall–Kier alpha value is -1.64. The summed E-state index contributed by atoms with van der Waals surface area (Å²) in [7, 11) is 0. The van der Waals surface area contributed by atoms with Gasteiger partial charge in [0.05, 0.1) is 0 Å². The van der Waals surface area contributed by atoms with Crippen LogP contribution in [0.3, 0.4) is 0 Å². The molecule has 4 aliphatic rings. The molecular formula is C30H44O3. The van der Waals surface area contributed by atoms with E-state index in [0.29, 0.717) is 40.9 Å². The van der Waals surface area contributed by atoms with Gasteiger partial charge in [0, 0.05) is 17.4 Å². The number of carboxylic acid groups (broad SMARTS) is 1. The lowest BCUT2D eigenvalue weighted by Gasteiger charge is -2.61. The second-order valence-electron chi connectivity index (χ2n) is 12.9. The Morgan fingerprint density at radius 1 is 1.27 bits per heavy atom. The molecule has 0 heterocycles. The predicted molar refractivity (Wildman–Crippen MR) is 134 cm³/mol. The zero-order valence-electron chi connectivity index (χ0n) is 21.7. The van der Waals surface area contributed by atoms with Gasteiger partial charge in [-0.1, -0.05) is 64.5 Å². The van der Waals surface area contributed by atoms with Crippen molar-refractivity contribution in [2.75, 3.05) is 0 Å². The molecule has 1 N–H and O–H groups in total. The minimum absolute atomic E-state index is 0.182. The van der Waals surface area contributed by atoms with Crippen LogP contribution in [0.4, 0.5) is 0 Å². The van der Waals surface area contributed by atoms with E-state index in [1.807, 2.05) is 6.08 Å². The summed E-state index contributed by atoms with van der Waals surface area (Å²) in [6, 6.07) is 0. The first-order valence-electron chi connectivity index (χ1n) is 13.2. The highest BCUT2D eigenvalue weighted by atomic mass is 16.4. The fraction of sp³-hybridized carbons (Fsp3) is 0.733. The number of Topliss-reactive ketones (excluding diaryl/α,β-unsaturated/α-hetero) is 1. The van der Waals surface area contributed by atoms with Gasteiger partial charge in [-0.05, 0) is 92.3 Å².